The van der Waals surface area contributed by atoms with Gasteiger partial charge in [-0.3, -0.25) is 0 Å². The Hall–Kier alpha value is 0.177. The molecule has 0 N–H and O–H groups in total. The summed E-state index contributed by atoms with van der Waals surface area (Å²) in [5, 5.41) is 0. The molecule has 0 spiro atoms. The smallest absolute Gasteiger partial charge is 0.0952 e. The number of hydrogen-bond acceptors (Lipinski definition) is 1. The van der Waals surface area contributed by atoms with Gasteiger partial charge in [0.05, 0.1) is 9.68 Å². The standard InChI is InChI=1S/C11H25NSi/c1-3-12(4-2)13-10-11-8-6-5-7-9-11/h11H,3-10,13H2,1-2H3. The van der Waals surface area contributed by atoms with Gasteiger partial charge in [-0.25, -0.2) is 0 Å². The highest BCUT2D eigenvalue weighted by Gasteiger charge is 2.14. The van der Waals surface area contributed by atoms with Crippen LogP contribution in [0.5, 0.6) is 0 Å². The third-order valence-corrected chi connectivity index (χ3v) is 6.07. The maximum Gasteiger partial charge on any atom is 0.0952 e. The maximum atomic E-state index is 2.69. The topological polar surface area (TPSA) is 3.24 Å². The summed E-state index contributed by atoms with van der Waals surface area (Å²) in [6.45, 7) is 7.18. The second-order valence-electron chi connectivity index (χ2n) is 4.32. The van der Waals surface area contributed by atoms with Crippen molar-refractivity contribution in [2.24, 2.45) is 5.92 Å². The van der Waals surface area contributed by atoms with E-state index in [9.17, 15) is 0 Å². The molecule has 0 aromatic heterocycles. The number of hydrogen-bond donors (Lipinski definition) is 0. The summed E-state index contributed by atoms with van der Waals surface area (Å²) in [6.07, 6.45) is 7.60. The fourth-order valence-electron chi connectivity index (χ4n) is 2.38. The Morgan fingerprint density at radius 2 is 1.69 bits per heavy atom. The van der Waals surface area contributed by atoms with Crippen LogP contribution in [0.2, 0.25) is 6.04 Å². The van der Waals surface area contributed by atoms with Crippen LogP contribution in [0.25, 0.3) is 0 Å². The zero-order valence-electron chi connectivity index (χ0n) is 9.39. The van der Waals surface area contributed by atoms with Gasteiger partial charge in [-0.05, 0) is 25.1 Å². The Balaban J connectivity index is 2.09. The maximum absolute atomic E-state index is 2.69. The SMILES string of the molecule is CCN(CC)[SiH2]CC1CCCCC1. The molecule has 1 nitrogen and oxygen atoms in total. The Labute approximate surface area is 85.8 Å². The van der Waals surface area contributed by atoms with E-state index >= 15 is 0 Å². The minimum absolute atomic E-state index is 0.114. The largest absolute Gasteiger partial charge is 0.330 e. The molecule has 1 aliphatic carbocycles. The zero-order chi connectivity index (χ0) is 9.52. The van der Waals surface area contributed by atoms with Crippen molar-refractivity contribution in [2.45, 2.75) is 52.0 Å². The highest BCUT2D eigenvalue weighted by Crippen LogP contribution is 2.26. The minimum atomic E-state index is 0.114. The van der Waals surface area contributed by atoms with Gasteiger partial charge in [-0.15, -0.1) is 0 Å². The van der Waals surface area contributed by atoms with Gasteiger partial charge in [0.2, 0.25) is 0 Å². The van der Waals surface area contributed by atoms with E-state index in [1.807, 2.05) is 0 Å². The first kappa shape index (κ1) is 11.3. The van der Waals surface area contributed by atoms with Crippen LogP contribution in [0.3, 0.4) is 0 Å². The molecule has 0 aromatic carbocycles. The van der Waals surface area contributed by atoms with Gasteiger partial charge in [-0.2, -0.15) is 0 Å². The second-order valence-corrected chi connectivity index (χ2v) is 6.24. The molecule has 0 radical (unpaired) electrons. The van der Waals surface area contributed by atoms with E-state index in [1.54, 1.807) is 6.04 Å². The van der Waals surface area contributed by atoms with Crippen LogP contribution in [0.1, 0.15) is 46.0 Å². The van der Waals surface area contributed by atoms with Crippen molar-refractivity contribution in [3.05, 3.63) is 0 Å². The predicted molar refractivity (Wildman–Crippen MR) is 62.8 cm³/mol. The van der Waals surface area contributed by atoms with Crippen LogP contribution in [-0.4, -0.2) is 27.3 Å². The normalized spacial score (nSPS) is 20.5. The molecule has 1 fully saturated rings. The summed E-state index contributed by atoms with van der Waals surface area (Å²) in [7, 11) is 0.114. The molecule has 0 atom stereocenters. The summed E-state index contributed by atoms with van der Waals surface area (Å²) in [6, 6.07) is 1.58. The van der Waals surface area contributed by atoms with Crippen LogP contribution < -0.4 is 0 Å². The first-order chi connectivity index (χ1) is 6.36. The lowest BCUT2D eigenvalue weighted by Gasteiger charge is -2.24. The molecule has 0 amide bonds. The monoisotopic (exact) mass is 199 g/mol. The fraction of sp³-hybridized carbons (Fsp3) is 1.00. The van der Waals surface area contributed by atoms with E-state index in [4.69, 9.17) is 0 Å². The van der Waals surface area contributed by atoms with Crippen LogP contribution in [-0.2, 0) is 0 Å². The van der Waals surface area contributed by atoms with E-state index in [0.29, 0.717) is 0 Å². The first-order valence-electron chi connectivity index (χ1n) is 6.09. The van der Waals surface area contributed by atoms with E-state index < -0.39 is 0 Å². The number of rotatable bonds is 5. The van der Waals surface area contributed by atoms with Gasteiger partial charge < -0.3 is 4.57 Å². The second kappa shape index (κ2) is 6.60. The lowest BCUT2D eigenvalue weighted by atomic mass is 9.91. The van der Waals surface area contributed by atoms with Crippen molar-refractivity contribution < 1.29 is 0 Å². The Morgan fingerprint density at radius 1 is 1.08 bits per heavy atom. The van der Waals surface area contributed by atoms with Gasteiger partial charge in [0.1, 0.15) is 0 Å². The van der Waals surface area contributed by atoms with Crippen molar-refractivity contribution in [3.8, 4) is 0 Å². The van der Waals surface area contributed by atoms with E-state index in [0.717, 1.165) is 5.92 Å². The molecule has 13 heavy (non-hydrogen) atoms. The third kappa shape index (κ3) is 4.27. The van der Waals surface area contributed by atoms with Crippen molar-refractivity contribution in [2.75, 3.05) is 13.1 Å². The third-order valence-electron chi connectivity index (χ3n) is 3.47. The highest BCUT2D eigenvalue weighted by atomic mass is 28.2. The lowest BCUT2D eigenvalue weighted by molar-refractivity contribution is 0.376. The summed E-state index contributed by atoms with van der Waals surface area (Å²) in [4.78, 5) is 0. The molecule has 0 aromatic rings. The predicted octanol–water partition coefficient (Wildman–Crippen LogP) is 2.41. The van der Waals surface area contributed by atoms with Crippen LogP contribution in [0.15, 0.2) is 0 Å². The van der Waals surface area contributed by atoms with Gasteiger partial charge in [-0.1, -0.05) is 46.0 Å². The summed E-state index contributed by atoms with van der Waals surface area (Å²) in [5.41, 5.74) is 0. The van der Waals surface area contributed by atoms with Crippen LogP contribution in [0, 0.1) is 5.92 Å². The van der Waals surface area contributed by atoms with Crippen molar-refractivity contribution in [3.63, 3.8) is 0 Å². The molecule has 2 heteroatoms. The Morgan fingerprint density at radius 3 is 2.23 bits per heavy atom. The average molecular weight is 199 g/mol. The molecule has 0 bridgehead atoms. The van der Waals surface area contributed by atoms with E-state index in [1.165, 1.54) is 45.2 Å². The van der Waals surface area contributed by atoms with Gasteiger partial charge >= 0.3 is 0 Å². The molecular formula is C11H25NSi. The molecular weight excluding hydrogens is 174 g/mol. The van der Waals surface area contributed by atoms with Gasteiger partial charge in [0.25, 0.3) is 0 Å². The van der Waals surface area contributed by atoms with E-state index in [2.05, 4.69) is 18.4 Å². The van der Waals surface area contributed by atoms with Gasteiger partial charge in [0, 0.05) is 0 Å². The highest BCUT2D eigenvalue weighted by molar-refractivity contribution is 6.31. The molecule has 0 aliphatic heterocycles. The first-order valence-corrected chi connectivity index (χ1v) is 7.72. The summed E-state index contributed by atoms with van der Waals surface area (Å²) in [5.74, 6) is 1.11. The van der Waals surface area contributed by atoms with Crippen LogP contribution >= 0.6 is 0 Å². The zero-order valence-corrected chi connectivity index (χ0v) is 10.8. The minimum Gasteiger partial charge on any atom is -0.330 e. The quantitative estimate of drug-likeness (QED) is 0.615. The molecule has 0 unspecified atom stereocenters. The van der Waals surface area contributed by atoms with Crippen LogP contribution in [0.4, 0.5) is 0 Å². The molecule has 1 aliphatic rings. The van der Waals surface area contributed by atoms with Crippen molar-refractivity contribution >= 4 is 9.68 Å². The molecule has 0 heterocycles. The lowest BCUT2D eigenvalue weighted by Crippen LogP contribution is -2.28. The fourth-order valence-corrected chi connectivity index (χ4v) is 4.32. The van der Waals surface area contributed by atoms with Gasteiger partial charge in [0.15, 0.2) is 0 Å². The average Bonchev–Trinajstić information content (AvgIpc) is 2.21. The number of nitrogens with zero attached hydrogens (tertiary/aromatic N) is 1. The molecule has 1 saturated carbocycles. The summed E-state index contributed by atoms with van der Waals surface area (Å²) < 4.78 is 2.69. The van der Waals surface area contributed by atoms with E-state index in [-0.39, 0.29) is 9.68 Å². The molecule has 78 valence electrons. The Kier molecular flexibility index (Phi) is 5.72. The van der Waals surface area contributed by atoms with Crippen molar-refractivity contribution in [1.29, 1.82) is 0 Å². The summed E-state index contributed by atoms with van der Waals surface area (Å²) >= 11 is 0. The molecule has 1 rings (SSSR count). The molecule has 0 saturated heterocycles. The Bertz CT molecular complexity index is 117. The van der Waals surface area contributed by atoms with Crippen molar-refractivity contribution in [1.82, 2.24) is 4.57 Å².